The zero-order valence-electron chi connectivity index (χ0n) is 15.0. The Morgan fingerprint density at radius 1 is 1.28 bits per heavy atom. The lowest BCUT2D eigenvalue weighted by atomic mass is 10.2. The summed E-state index contributed by atoms with van der Waals surface area (Å²) in [6.07, 6.45) is 0. The van der Waals surface area contributed by atoms with Crippen LogP contribution < -0.4 is 5.32 Å². The SMILES string of the molecule is Cc1ccc2nc(NC(=O)CSc3nnc(-c4ccccc4[N+](=O)[O-])o3)sc2c1. The first-order valence-corrected chi connectivity index (χ1v) is 10.2. The number of hydrogen-bond donors (Lipinski definition) is 1. The zero-order chi connectivity index (χ0) is 20.4. The van der Waals surface area contributed by atoms with E-state index in [4.69, 9.17) is 4.42 Å². The summed E-state index contributed by atoms with van der Waals surface area (Å²) in [4.78, 5) is 27.2. The summed E-state index contributed by atoms with van der Waals surface area (Å²) in [6.45, 7) is 2.00. The second-order valence-electron chi connectivity index (χ2n) is 5.97. The number of para-hydroxylation sites is 1. The first kappa shape index (κ1) is 19.0. The molecule has 0 fully saturated rings. The third-order valence-corrected chi connectivity index (χ3v) is 5.61. The minimum atomic E-state index is -0.515. The van der Waals surface area contributed by atoms with E-state index in [1.54, 1.807) is 12.1 Å². The Kier molecular flexibility index (Phi) is 5.23. The van der Waals surface area contributed by atoms with Crippen molar-refractivity contribution in [3.63, 3.8) is 0 Å². The average Bonchev–Trinajstić information content (AvgIpc) is 3.32. The van der Waals surface area contributed by atoms with E-state index in [9.17, 15) is 14.9 Å². The highest BCUT2D eigenvalue weighted by molar-refractivity contribution is 7.99. The molecular weight excluding hydrogens is 414 g/mol. The van der Waals surface area contributed by atoms with Gasteiger partial charge in [-0.25, -0.2) is 4.98 Å². The number of benzene rings is 2. The number of hydrogen-bond acceptors (Lipinski definition) is 9. The fraction of sp³-hybridized carbons (Fsp3) is 0.111. The number of aryl methyl sites for hydroxylation is 1. The van der Waals surface area contributed by atoms with Gasteiger partial charge in [0, 0.05) is 6.07 Å². The lowest BCUT2D eigenvalue weighted by Gasteiger charge is -1.99. The number of aromatic nitrogens is 3. The van der Waals surface area contributed by atoms with Crippen LogP contribution in [0.2, 0.25) is 0 Å². The fourth-order valence-electron chi connectivity index (χ4n) is 2.56. The van der Waals surface area contributed by atoms with Crippen LogP contribution in [0.1, 0.15) is 5.56 Å². The Hall–Kier alpha value is -3.31. The zero-order valence-corrected chi connectivity index (χ0v) is 16.6. The lowest BCUT2D eigenvalue weighted by molar-refractivity contribution is -0.384. The van der Waals surface area contributed by atoms with Crippen LogP contribution in [0.4, 0.5) is 10.8 Å². The summed E-state index contributed by atoms with van der Waals surface area (Å²) in [7, 11) is 0. The van der Waals surface area contributed by atoms with Crippen molar-refractivity contribution in [2.45, 2.75) is 12.1 Å². The van der Waals surface area contributed by atoms with Gasteiger partial charge in [-0.3, -0.25) is 14.9 Å². The number of nitro benzene ring substituents is 1. The molecule has 4 rings (SSSR count). The predicted octanol–water partition coefficient (Wildman–Crippen LogP) is 4.29. The maximum Gasteiger partial charge on any atom is 0.282 e. The highest BCUT2D eigenvalue weighted by Gasteiger charge is 2.20. The number of nitrogens with zero attached hydrogens (tertiary/aromatic N) is 4. The van der Waals surface area contributed by atoms with Crippen LogP contribution in [0, 0.1) is 17.0 Å². The Morgan fingerprint density at radius 2 is 2.10 bits per heavy atom. The number of nitrogens with one attached hydrogen (secondary N) is 1. The molecule has 11 heteroatoms. The van der Waals surface area contributed by atoms with Crippen LogP contribution in [-0.2, 0) is 4.79 Å². The van der Waals surface area contributed by atoms with Gasteiger partial charge >= 0.3 is 0 Å². The van der Waals surface area contributed by atoms with Crippen LogP contribution >= 0.6 is 23.1 Å². The molecule has 1 amide bonds. The first-order valence-electron chi connectivity index (χ1n) is 8.37. The van der Waals surface area contributed by atoms with Crippen LogP contribution in [-0.4, -0.2) is 31.8 Å². The molecule has 146 valence electrons. The average molecular weight is 427 g/mol. The number of carbonyl (C=O) groups excluding carboxylic acids is 1. The molecule has 0 unspecified atom stereocenters. The highest BCUT2D eigenvalue weighted by Crippen LogP contribution is 2.31. The molecule has 0 saturated heterocycles. The van der Waals surface area contributed by atoms with E-state index in [0.717, 1.165) is 27.5 Å². The quantitative estimate of drug-likeness (QED) is 0.274. The number of anilines is 1. The molecule has 0 atom stereocenters. The van der Waals surface area contributed by atoms with Crippen molar-refractivity contribution in [2.75, 3.05) is 11.1 Å². The van der Waals surface area contributed by atoms with E-state index in [0.29, 0.717) is 5.13 Å². The minimum Gasteiger partial charge on any atom is -0.411 e. The maximum atomic E-state index is 12.2. The Morgan fingerprint density at radius 3 is 2.93 bits per heavy atom. The Balaban J connectivity index is 1.40. The summed E-state index contributed by atoms with van der Waals surface area (Å²) < 4.78 is 6.46. The Labute approximate surface area is 172 Å². The molecule has 0 bridgehead atoms. The van der Waals surface area contributed by atoms with Crippen molar-refractivity contribution >= 4 is 50.0 Å². The highest BCUT2D eigenvalue weighted by atomic mass is 32.2. The van der Waals surface area contributed by atoms with Crippen molar-refractivity contribution in [1.82, 2.24) is 15.2 Å². The molecule has 2 aromatic carbocycles. The molecule has 2 aromatic heterocycles. The molecule has 0 aliphatic rings. The predicted molar refractivity (Wildman–Crippen MR) is 110 cm³/mol. The summed E-state index contributed by atoms with van der Waals surface area (Å²) in [5, 5.41) is 22.2. The van der Waals surface area contributed by atoms with Gasteiger partial charge in [-0.2, -0.15) is 0 Å². The number of thioether (sulfide) groups is 1. The number of carbonyl (C=O) groups is 1. The topological polar surface area (TPSA) is 124 Å². The molecular formula is C18H13N5O4S2. The van der Waals surface area contributed by atoms with Gasteiger partial charge in [-0.15, -0.1) is 10.2 Å². The van der Waals surface area contributed by atoms with Crippen LogP contribution in [0.25, 0.3) is 21.7 Å². The van der Waals surface area contributed by atoms with Crippen LogP contribution in [0.15, 0.2) is 52.1 Å². The van der Waals surface area contributed by atoms with Crippen molar-refractivity contribution in [2.24, 2.45) is 0 Å². The molecule has 0 spiro atoms. The van der Waals surface area contributed by atoms with Gasteiger partial charge in [-0.05, 0) is 30.7 Å². The van der Waals surface area contributed by atoms with E-state index in [1.807, 2.05) is 25.1 Å². The summed E-state index contributed by atoms with van der Waals surface area (Å²) >= 11 is 2.44. The van der Waals surface area contributed by atoms with Crippen molar-refractivity contribution < 1.29 is 14.1 Å². The van der Waals surface area contributed by atoms with Gasteiger partial charge in [0.05, 0.1) is 20.9 Å². The first-order chi connectivity index (χ1) is 14.0. The van der Waals surface area contributed by atoms with Gasteiger partial charge in [0.2, 0.25) is 5.91 Å². The molecule has 0 aliphatic carbocycles. The van der Waals surface area contributed by atoms with E-state index < -0.39 is 4.92 Å². The van der Waals surface area contributed by atoms with Gasteiger partial charge in [0.1, 0.15) is 5.56 Å². The van der Waals surface area contributed by atoms with Crippen LogP contribution in [0.3, 0.4) is 0 Å². The normalized spacial score (nSPS) is 10.9. The second-order valence-corrected chi connectivity index (χ2v) is 7.93. The molecule has 29 heavy (non-hydrogen) atoms. The molecule has 0 radical (unpaired) electrons. The van der Waals surface area contributed by atoms with Gasteiger partial charge in [0.15, 0.2) is 5.13 Å². The summed E-state index contributed by atoms with van der Waals surface area (Å²) in [5.74, 6) is -0.203. The third kappa shape index (κ3) is 4.25. The number of amides is 1. The van der Waals surface area contributed by atoms with Crippen molar-refractivity contribution in [3.8, 4) is 11.5 Å². The molecule has 2 heterocycles. The maximum absolute atomic E-state index is 12.2. The third-order valence-electron chi connectivity index (χ3n) is 3.85. The molecule has 4 aromatic rings. The van der Waals surface area contributed by atoms with Gasteiger partial charge < -0.3 is 9.73 Å². The van der Waals surface area contributed by atoms with Crippen LogP contribution in [0.5, 0.6) is 0 Å². The number of fused-ring (bicyclic) bond motifs is 1. The Bertz CT molecular complexity index is 1220. The van der Waals surface area contributed by atoms with Crippen molar-refractivity contribution in [3.05, 3.63) is 58.1 Å². The van der Waals surface area contributed by atoms with Gasteiger partial charge in [-0.1, -0.05) is 41.3 Å². The standard InChI is InChI=1S/C18H13N5O4S2/c1-10-6-7-12-14(8-10)29-17(19-12)20-15(24)9-28-18-22-21-16(27-18)11-4-2-3-5-13(11)23(25)26/h2-8H,9H2,1H3,(H,19,20,24). The van der Waals surface area contributed by atoms with Crippen molar-refractivity contribution in [1.29, 1.82) is 0 Å². The molecule has 9 nitrogen and oxygen atoms in total. The fourth-order valence-corrected chi connectivity index (χ4v) is 4.10. The van der Waals surface area contributed by atoms with E-state index in [-0.39, 0.29) is 34.0 Å². The molecule has 0 saturated carbocycles. The second kappa shape index (κ2) is 7.97. The summed E-state index contributed by atoms with van der Waals surface area (Å²) in [5.41, 5.74) is 2.05. The lowest BCUT2D eigenvalue weighted by Crippen LogP contribution is -2.13. The number of nitro groups is 1. The number of thiazole rings is 1. The van der Waals surface area contributed by atoms with E-state index in [1.165, 1.54) is 23.5 Å². The van der Waals surface area contributed by atoms with E-state index >= 15 is 0 Å². The minimum absolute atomic E-state index is 0.0294. The van der Waals surface area contributed by atoms with E-state index in [2.05, 4.69) is 20.5 Å². The molecule has 1 N–H and O–H groups in total. The monoisotopic (exact) mass is 427 g/mol. The number of rotatable bonds is 6. The largest absolute Gasteiger partial charge is 0.411 e. The molecule has 0 aliphatic heterocycles. The van der Waals surface area contributed by atoms with Gasteiger partial charge in [0.25, 0.3) is 16.8 Å². The smallest absolute Gasteiger partial charge is 0.282 e. The summed E-state index contributed by atoms with van der Waals surface area (Å²) in [6, 6.07) is 12.0.